The van der Waals surface area contributed by atoms with Gasteiger partial charge in [-0.25, -0.2) is 0 Å². The average molecular weight is 623 g/mol. The van der Waals surface area contributed by atoms with Crippen LogP contribution in [0, 0.1) is 0 Å². The maximum absolute atomic E-state index is 6.28. The highest BCUT2D eigenvalue weighted by atomic mass is 16.3. The van der Waals surface area contributed by atoms with Gasteiger partial charge < -0.3 is 4.42 Å². The Bertz CT molecular complexity index is 2800. The predicted molar refractivity (Wildman–Crippen MR) is 208 cm³/mol. The first-order chi connectivity index (χ1) is 24.3. The fraction of sp³-hybridized carbons (Fsp3) is 0. The van der Waals surface area contributed by atoms with Gasteiger partial charge >= 0.3 is 0 Å². The number of hydrogen-bond donors (Lipinski definition) is 0. The summed E-state index contributed by atoms with van der Waals surface area (Å²) in [5.74, 6) is 0. The van der Waals surface area contributed by atoms with E-state index >= 15 is 0 Å². The molecule has 9 aromatic carbocycles. The molecule has 1 heteroatoms. The molecule has 0 atom stereocenters. The van der Waals surface area contributed by atoms with Crippen LogP contribution in [0.1, 0.15) is 0 Å². The van der Waals surface area contributed by atoms with Crippen LogP contribution in [-0.4, -0.2) is 0 Å². The van der Waals surface area contributed by atoms with Crippen LogP contribution in [0.5, 0.6) is 0 Å². The van der Waals surface area contributed by atoms with Crippen LogP contribution in [0.15, 0.2) is 186 Å². The molecule has 0 spiro atoms. The lowest BCUT2D eigenvalue weighted by Crippen LogP contribution is -1.91. The van der Waals surface area contributed by atoms with E-state index in [1.165, 1.54) is 82.2 Å². The van der Waals surface area contributed by atoms with E-state index in [1.807, 2.05) is 0 Å². The van der Waals surface area contributed by atoms with E-state index in [4.69, 9.17) is 4.42 Å². The lowest BCUT2D eigenvalue weighted by molar-refractivity contribution is 0.669. The largest absolute Gasteiger partial charge is 0.456 e. The second-order valence-electron chi connectivity index (χ2n) is 12.8. The summed E-state index contributed by atoms with van der Waals surface area (Å²) in [6.45, 7) is 0. The SMILES string of the molecule is c1ccc(-c2cccc(-c3c4ccccc4c(-c4ccc(-c5ccc6oc7ccc8ccccc8c7c6c5)cc4)c4ccccc34)c2)cc1. The van der Waals surface area contributed by atoms with Crippen LogP contribution >= 0.6 is 0 Å². The van der Waals surface area contributed by atoms with Crippen LogP contribution in [0.25, 0.3) is 98.8 Å². The van der Waals surface area contributed by atoms with E-state index in [0.717, 1.165) is 16.6 Å². The highest BCUT2D eigenvalue weighted by Gasteiger charge is 2.17. The van der Waals surface area contributed by atoms with Crippen LogP contribution in [-0.2, 0) is 0 Å². The van der Waals surface area contributed by atoms with E-state index in [1.54, 1.807) is 0 Å². The van der Waals surface area contributed by atoms with Gasteiger partial charge in [0.1, 0.15) is 11.2 Å². The molecule has 1 aromatic heterocycles. The minimum atomic E-state index is 0.916. The maximum atomic E-state index is 6.28. The molecule has 0 unspecified atom stereocenters. The molecule has 0 aliphatic rings. The molecule has 0 amide bonds. The Hall–Kier alpha value is -6.44. The molecule has 0 fully saturated rings. The Labute approximate surface area is 284 Å². The van der Waals surface area contributed by atoms with Crippen molar-refractivity contribution in [2.24, 2.45) is 0 Å². The van der Waals surface area contributed by atoms with Gasteiger partial charge in [0.15, 0.2) is 0 Å². The van der Waals surface area contributed by atoms with Gasteiger partial charge in [-0.15, -0.1) is 0 Å². The third-order valence-electron chi connectivity index (χ3n) is 10.1. The zero-order valence-electron chi connectivity index (χ0n) is 26.7. The van der Waals surface area contributed by atoms with Gasteiger partial charge in [-0.3, -0.25) is 0 Å². The van der Waals surface area contributed by atoms with Crippen molar-refractivity contribution in [1.29, 1.82) is 0 Å². The first-order valence-corrected chi connectivity index (χ1v) is 16.8. The molecule has 0 saturated carbocycles. The molecule has 228 valence electrons. The molecular weight excluding hydrogens is 593 g/mol. The van der Waals surface area contributed by atoms with E-state index in [0.29, 0.717) is 0 Å². The fourth-order valence-corrected chi connectivity index (χ4v) is 7.79. The highest BCUT2D eigenvalue weighted by Crippen LogP contribution is 2.45. The monoisotopic (exact) mass is 622 g/mol. The third-order valence-corrected chi connectivity index (χ3v) is 10.1. The molecule has 10 aromatic rings. The molecule has 0 bridgehead atoms. The lowest BCUT2D eigenvalue weighted by Gasteiger charge is -2.18. The summed E-state index contributed by atoms with van der Waals surface area (Å²) in [5.41, 5.74) is 11.6. The van der Waals surface area contributed by atoms with Gasteiger partial charge in [-0.1, -0.05) is 158 Å². The fourth-order valence-electron chi connectivity index (χ4n) is 7.79. The Morgan fingerprint density at radius 1 is 0.265 bits per heavy atom. The van der Waals surface area contributed by atoms with Gasteiger partial charge in [0.25, 0.3) is 0 Å². The van der Waals surface area contributed by atoms with Crippen molar-refractivity contribution in [2.75, 3.05) is 0 Å². The van der Waals surface area contributed by atoms with Crippen LogP contribution < -0.4 is 0 Å². The zero-order chi connectivity index (χ0) is 32.3. The van der Waals surface area contributed by atoms with Gasteiger partial charge in [0.2, 0.25) is 0 Å². The van der Waals surface area contributed by atoms with Crippen LogP contribution in [0.2, 0.25) is 0 Å². The summed E-state index contributed by atoms with van der Waals surface area (Å²) >= 11 is 0. The average Bonchev–Trinajstić information content (AvgIpc) is 3.56. The number of fused-ring (bicyclic) bond motifs is 7. The third kappa shape index (κ3) is 4.47. The summed E-state index contributed by atoms with van der Waals surface area (Å²) in [6.07, 6.45) is 0. The van der Waals surface area contributed by atoms with Gasteiger partial charge in [-0.05, 0) is 101 Å². The summed E-state index contributed by atoms with van der Waals surface area (Å²) < 4.78 is 6.28. The Balaban J connectivity index is 1.12. The first kappa shape index (κ1) is 27.7. The second-order valence-corrected chi connectivity index (χ2v) is 12.8. The van der Waals surface area contributed by atoms with Crippen LogP contribution in [0.4, 0.5) is 0 Å². The molecule has 10 rings (SSSR count). The van der Waals surface area contributed by atoms with Crippen molar-refractivity contribution in [3.8, 4) is 44.5 Å². The standard InChI is InChI=1S/C48H30O/c1-2-11-31(12-3-1)35-14-10-15-37(29-35)47-41-19-8-6-17-39(41)46(40-18-7-9-20-42(40)47)34-23-21-32(22-24-34)36-26-27-44-43(30-36)48-38-16-5-4-13-33(38)25-28-45(48)49-44/h1-30H. The van der Waals surface area contributed by atoms with Crippen molar-refractivity contribution in [3.63, 3.8) is 0 Å². The molecule has 1 heterocycles. The molecule has 0 radical (unpaired) electrons. The minimum absolute atomic E-state index is 0.916. The predicted octanol–water partition coefficient (Wildman–Crippen LogP) is 13.7. The lowest BCUT2D eigenvalue weighted by atomic mass is 9.85. The smallest absolute Gasteiger partial charge is 0.136 e. The number of rotatable bonds is 4. The highest BCUT2D eigenvalue weighted by molar-refractivity contribution is 6.22. The van der Waals surface area contributed by atoms with Gasteiger partial charge in [0.05, 0.1) is 0 Å². The first-order valence-electron chi connectivity index (χ1n) is 16.8. The normalized spacial score (nSPS) is 11.7. The van der Waals surface area contributed by atoms with Crippen molar-refractivity contribution in [1.82, 2.24) is 0 Å². The summed E-state index contributed by atoms with van der Waals surface area (Å²) in [5, 5.41) is 9.81. The minimum Gasteiger partial charge on any atom is -0.456 e. The van der Waals surface area contributed by atoms with Crippen molar-refractivity contribution >= 4 is 54.3 Å². The molecule has 49 heavy (non-hydrogen) atoms. The molecule has 0 saturated heterocycles. The Morgan fingerprint density at radius 3 is 1.47 bits per heavy atom. The van der Waals surface area contributed by atoms with Crippen LogP contribution in [0.3, 0.4) is 0 Å². The Kier molecular flexibility index (Phi) is 6.25. The second kappa shape index (κ2) is 11.1. The molecule has 1 nitrogen and oxygen atoms in total. The number of benzene rings is 9. The summed E-state index contributed by atoms with van der Waals surface area (Å²) in [4.78, 5) is 0. The van der Waals surface area contributed by atoms with E-state index in [2.05, 4.69) is 182 Å². The van der Waals surface area contributed by atoms with E-state index in [9.17, 15) is 0 Å². The summed E-state index contributed by atoms with van der Waals surface area (Å²) in [7, 11) is 0. The maximum Gasteiger partial charge on any atom is 0.136 e. The van der Waals surface area contributed by atoms with Gasteiger partial charge in [0, 0.05) is 10.8 Å². The van der Waals surface area contributed by atoms with Crippen molar-refractivity contribution in [2.45, 2.75) is 0 Å². The summed E-state index contributed by atoms with van der Waals surface area (Å²) in [6, 6.07) is 65.8. The Morgan fingerprint density at radius 2 is 0.755 bits per heavy atom. The molecule has 0 N–H and O–H groups in total. The number of hydrogen-bond acceptors (Lipinski definition) is 1. The van der Waals surface area contributed by atoms with Crippen molar-refractivity contribution in [3.05, 3.63) is 182 Å². The zero-order valence-corrected chi connectivity index (χ0v) is 26.7. The van der Waals surface area contributed by atoms with Gasteiger partial charge in [-0.2, -0.15) is 0 Å². The quantitative estimate of drug-likeness (QED) is 0.178. The van der Waals surface area contributed by atoms with E-state index < -0.39 is 0 Å². The topological polar surface area (TPSA) is 13.1 Å². The molecular formula is C48H30O. The molecule has 0 aliphatic carbocycles. The molecule has 0 aliphatic heterocycles. The van der Waals surface area contributed by atoms with Crippen molar-refractivity contribution < 1.29 is 4.42 Å². The van der Waals surface area contributed by atoms with E-state index in [-0.39, 0.29) is 0 Å². The number of furan rings is 1.